The summed E-state index contributed by atoms with van der Waals surface area (Å²) in [5.41, 5.74) is 0.338. The van der Waals surface area contributed by atoms with Gasteiger partial charge in [-0.25, -0.2) is 4.98 Å². The zero-order chi connectivity index (χ0) is 15.6. The smallest absolute Gasteiger partial charge is 0.332 e. The van der Waals surface area contributed by atoms with Gasteiger partial charge in [0.15, 0.2) is 0 Å². The third kappa shape index (κ3) is 3.05. The van der Waals surface area contributed by atoms with Crippen molar-refractivity contribution in [3.05, 3.63) is 15.8 Å². The van der Waals surface area contributed by atoms with E-state index >= 15 is 0 Å². The maximum atomic E-state index is 11.4. The number of morpholine rings is 1. The average Bonchev–Trinajstić information content (AvgIpc) is 2.45. The summed E-state index contributed by atoms with van der Waals surface area (Å²) in [7, 11) is 1.70. The maximum absolute atomic E-state index is 11.4. The van der Waals surface area contributed by atoms with Crippen LogP contribution in [0.15, 0.2) is 0 Å². The lowest BCUT2D eigenvalue weighted by Gasteiger charge is -2.38. The van der Waals surface area contributed by atoms with Gasteiger partial charge in [0.2, 0.25) is 11.8 Å². The number of ether oxygens (including phenoxy) is 1. The highest BCUT2D eigenvalue weighted by Crippen LogP contribution is 2.33. The van der Waals surface area contributed by atoms with Gasteiger partial charge in [0.1, 0.15) is 5.69 Å². The van der Waals surface area contributed by atoms with Crippen LogP contribution < -0.4 is 10.2 Å². The number of rotatable bonds is 4. The van der Waals surface area contributed by atoms with Crippen LogP contribution in [0.25, 0.3) is 0 Å². The summed E-state index contributed by atoms with van der Waals surface area (Å²) in [4.78, 5) is 21.4. The topological polar surface area (TPSA) is 93.4 Å². The van der Waals surface area contributed by atoms with Crippen LogP contribution in [0, 0.1) is 17.0 Å². The van der Waals surface area contributed by atoms with Crippen LogP contribution >= 0.6 is 0 Å². The summed E-state index contributed by atoms with van der Waals surface area (Å²) in [6, 6.07) is 0.0823. The Bertz CT molecular complexity index is 537. The molecular formula is C13H21N5O3. The Hall–Kier alpha value is -1.96. The van der Waals surface area contributed by atoms with Crippen LogP contribution in [-0.4, -0.2) is 47.2 Å². The van der Waals surface area contributed by atoms with E-state index in [1.54, 1.807) is 14.0 Å². The minimum absolute atomic E-state index is 0.0145. The fraction of sp³-hybridized carbons (Fsp3) is 0.692. The molecular weight excluding hydrogens is 274 g/mol. The predicted molar refractivity (Wildman–Crippen MR) is 79.8 cm³/mol. The molecule has 1 aliphatic heterocycles. The zero-order valence-corrected chi connectivity index (χ0v) is 12.8. The SMILES string of the molecule is CCC1COC(C)CN1c1nc(NC)nc(C)c1[N+](=O)[O-]. The Kier molecular flexibility index (Phi) is 4.56. The molecule has 8 heteroatoms. The number of nitrogens with one attached hydrogen (secondary N) is 1. The van der Waals surface area contributed by atoms with E-state index < -0.39 is 4.92 Å². The van der Waals surface area contributed by atoms with Crippen molar-refractivity contribution in [3.63, 3.8) is 0 Å². The Morgan fingerprint density at radius 1 is 1.52 bits per heavy atom. The highest BCUT2D eigenvalue weighted by molar-refractivity contribution is 5.63. The molecule has 1 N–H and O–H groups in total. The second-order valence-corrected chi connectivity index (χ2v) is 5.17. The summed E-state index contributed by atoms with van der Waals surface area (Å²) in [5, 5.41) is 14.3. The second-order valence-electron chi connectivity index (χ2n) is 5.17. The molecule has 0 spiro atoms. The van der Waals surface area contributed by atoms with Crippen molar-refractivity contribution in [2.75, 3.05) is 30.4 Å². The number of aryl methyl sites for hydroxylation is 1. The summed E-state index contributed by atoms with van der Waals surface area (Å²) in [6.45, 7) is 6.76. The second kappa shape index (κ2) is 6.21. The molecule has 0 aliphatic carbocycles. The van der Waals surface area contributed by atoms with Gasteiger partial charge < -0.3 is 15.0 Å². The van der Waals surface area contributed by atoms with Crippen molar-refractivity contribution < 1.29 is 9.66 Å². The molecule has 21 heavy (non-hydrogen) atoms. The molecule has 0 bridgehead atoms. The van der Waals surface area contributed by atoms with Crippen LogP contribution in [0.5, 0.6) is 0 Å². The Morgan fingerprint density at radius 2 is 2.24 bits per heavy atom. The number of aromatic nitrogens is 2. The first-order valence-corrected chi connectivity index (χ1v) is 7.06. The number of nitrogens with zero attached hydrogens (tertiary/aromatic N) is 4. The van der Waals surface area contributed by atoms with Crippen LogP contribution in [0.3, 0.4) is 0 Å². The summed E-state index contributed by atoms with van der Waals surface area (Å²) in [6.07, 6.45) is 0.850. The summed E-state index contributed by atoms with van der Waals surface area (Å²) >= 11 is 0. The third-order valence-electron chi connectivity index (χ3n) is 3.66. The van der Waals surface area contributed by atoms with Gasteiger partial charge in [-0.2, -0.15) is 4.98 Å². The molecule has 8 nitrogen and oxygen atoms in total. The predicted octanol–water partition coefficient (Wildman–Crippen LogP) is 1.74. The van der Waals surface area contributed by atoms with Gasteiger partial charge in [-0.3, -0.25) is 10.1 Å². The molecule has 2 atom stereocenters. The number of anilines is 2. The van der Waals surface area contributed by atoms with Crippen LogP contribution in [0.2, 0.25) is 0 Å². The molecule has 2 heterocycles. The molecule has 1 saturated heterocycles. The molecule has 0 radical (unpaired) electrons. The van der Waals surface area contributed by atoms with E-state index in [1.807, 2.05) is 18.7 Å². The van der Waals surface area contributed by atoms with Crippen molar-refractivity contribution in [2.24, 2.45) is 0 Å². The third-order valence-corrected chi connectivity index (χ3v) is 3.66. The van der Waals surface area contributed by atoms with Gasteiger partial charge in [-0.05, 0) is 20.3 Å². The molecule has 2 unspecified atom stereocenters. The molecule has 2 rings (SSSR count). The molecule has 0 aromatic carbocycles. The fourth-order valence-corrected chi connectivity index (χ4v) is 2.52. The van der Waals surface area contributed by atoms with E-state index in [9.17, 15) is 10.1 Å². The van der Waals surface area contributed by atoms with E-state index in [-0.39, 0.29) is 17.8 Å². The first kappa shape index (κ1) is 15.4. The highest BCUT2D eigenvalue weighted by atomic mass is 16.6. The maximum Gasteiger partial charge on any atom is 0.332 e. The standard InChI is InChI=1S/C13H21N5O3/c1-5-10-7-21-8(2)6-17(10)12-11(18(19)20)9(3)15-13(14-4)16-12/h8,10H,5-7H2,1-4H3,(H,14,15,16). The van der Waals surface area contributed by atoms with Gasteiger partial charge in [0.25, 0.3) is 0 Å². The molecule has 1 aliphatic rings. The molecule has 116 valence electrons. The van der Waals surface area contributed by atoms with E-state index in [4.69, 9.17) is 4.74 Å². The Morgan fingerprint density at radius 3 is 2.81 bits per heavy atom. The highest BCUT2D eigenvalue weighted by Gasteiger charge is 2.33. The first-order chi connectivity index (χ1) is 9.97. The normalized spacial score (nSPS) is 22.2. The Labute approximate surface area is 123 Å². The largest absolute Gasteiger partial charge is 0.375 e. The van der Waals surface area contributed by atoms with Gasteiger partial charge in [-0.1, -0.05) is 6.92 Å². The number of hydrogen-bond acceptors (Lipinski definition) is 7. The Balaban J connectivity index is 2.53. The van der Waals surface area contributed by atoms with Gasteiger partial charge in [0, 0.05) is 13.6 Å². The van der Waals surface area contributed by atoms with Gasteiger partial charge in [0.05, 0.1) is 23.7 Å². The molecule has 1 aromatic heterocycles. The fourth-order valence-electron chi connectivity index (χ4n) is 2.52. The monoisotopic (exact) mass is 295 g/mol. The zero-order valence-electron chi connectivity index (χ0n) is 12.8. The lowest BCUT2D eigenvalue weighted by molar-refractivity contribution is -0.385. The number of hydrogen-bond donors (Lipinski definition) is 1. The van der Waals surface area contributed by atoms with E-state index in [0.717, 1.165) is 6.42 Å². The van der Waals surface area contributed by atoms with Crippen LogP contribution in [0.4, 0.5) is 17.5 Å². The lowest BCUT2D eigenvalue weighted by atomic mass is 10.1. The molecule has 0 amide bonds. The molecule has 0 saturated carbocycles. The minimum atomic E-state index is -0.406. The number of nitro groups is 1. The lowest BCUT2D eigenvalue weighted by Crippen LogP contribution is -2.49. The molecule has 1 fully saturated rings. The molecule has 1 aromatic rings. The van der Waals surface area contributed by atoms with Crippen molar-refractivity contribution >= 4 is 17.5 Å². The average molecular weight is 295 g/mol. The summed E-state index contributed by atoms with van der Waals surface area (Å²) < 4.78 is 5.65. The van der Waals surface area contributed by atoms with Crippen molar-refractivity contribution in [1.29, 1.82) is 0 Å². The van der Waals surface area contributed by atoms with Crippen LogP contribution in [0.1, 0.15) is 26.0 Å². The van der Waals surface area contributed by atoms with Crippen molar-refractivity contribution in [2.45, 2.75) is 39.3 Å². The first-order valence-electron chi connectivity index (χ1n) is 7.06. The van der Waals surface area contributed by atoms with Gasteiger partial charge >= 0.3 is 5.69 Å². The minimum Gasteiger partial charge on any atom is -0.375 e. The van der Waals surface area contributed by atoms with Crippen molar-refractivity contribution in [1.82, 2.24) is 9.97 Å². The van der Waals surface area contributed by atoms with Gasteiger partial charge in [-0.15, -0.1) is 0 Å². The van der Waals surface area contributed by atoms with Crippen molar-refractivity contribution in [3.8, 4) is 0 Å². The van der Waals surface area contributed by atoms with E-state index in [0.29, 0.717) is 30.6 Å². The van der Waals surface area contributed by atoms with E-state index in [1.165, 1.54) is 0 Å². The summed E-state index contributed by atoms with van der Waals surface area (Å²) in [5.74, 6) is 0.765. The quantitative estimate of drug-likeness (QED) is 0.668. The van der Waals surface area contributed by atoms with E-state index in [2.05, 4.69) is 15.3 Å². The van der Waals surface area contributed by atoms with Crippen LogP contribution in [-0.2, 0) is 4.74 Å².